The highest BCUT2D eigenvalue weighted by molar-refractivity contribution is 7.18. The Morgan fingerprint density at radius 2 is 1.70 bits per heavy atom. The van der Waals surface area contributed by atoms with Gasteiger partial charge in [0.2, 0.25) is 11.0 Å². The van der Waals surface area contributed by atoms with E-state index < -0.39 is 0 Å². The van der Waals surface area contributed by atoms with E-state index in [2.05, 4.69) is 20.8 Å². The van der Waals surface area contributed by atoms with Crippen molar-refractivity contribution in [3.05, 3.63) is 77.3 Å². The highest BCUT2D eigenvalue weighted by Crippen LogP contribution is 2.31. The second-order valence-electron chi connectivity index (χ2n) is 6.51. The molecule has 8 heteroatoms. The van der Waals surface area contributed by atoms with Crippen LogP contribution in [0.4, 0.5) is 5.13 Å². The molecule has 4 rings (SSSR count). The lowest BCUT2D eigenvalue weighted by Crippen LogP contribution is -2.27. The molecule has 2 N–H and O–H groups in total. The average molecular weight is 437 g/mol. The molecule has 0 bridgehead atoms. The minimum Gasteiger partial charge on any atom is -0.352 e. The fourth-order valence-electron chi connectivity index (χ4n) is 2.92. The van der Waals surface area contributed by atoms with Crippen LogP contribution >= 0.6 is 22.9 Å². The summed E-state index contributed by atoms with van der Waals surface area (Å²) in [5.41, 5.74) is 1.32. The predicted octanol–water partition coefficient (Wildman–Crippen LogP) is 4.77. The van der Waals surface area contributed by atoms with Crippen LogP contribution in [0, 0.1) is 0 Å². The molecule has 0 saturated heterocycles. The summed E-state index contributed by atoms with van der Waals surface area (Å²) >= 11 is 7.41. The number of nitrogens with one attached hydrogen (secondary N) is 2. The number of benzene rings is 3. The molecule has 0 atom stereocenters. The van der Waals surface area contributed by atoms with Crippen LogP contribution in [0.2, 0.25) is 5.02 Å². The molecule has 0 aliphatic rings. The smallest absolute Gasteiger partial charge is 0.251 e. The Kier molecular flexibility index (Phi) is 6.02. The van der Waals surface area contributed by atoms with E-state index in [4.69, 9.17) is 11.6 Å². The van der Waals surface area contributed by atoms with Crippen LogP contribution in [0.15, 0.2) is 66.7 Å². The molecule has 0 aliphatic carbocycles. The Balaban J connectivity index is 1.30. The molecule has 1 heterocycles. The van der Waals surface area contributed by atoms with E-state index >= 15 is 0 Å². The van der Waals surface area contributed by atoms with E-state index in [1.54, 1.807) is 12.1 Å². The van der Waals surface area contributed by atoms with Crippen LogP contribution in [0.3, 0.4) is 0 Å². The summed E-state index contributed by atoms with van der Waals surface area (Å²) in [6, 6.07) is 20.7. The third kappa shape index (κ3) is 4.64. The third-order valence-electron chi connectivity index (χ3n) is 4.42. The summed E-state index contributed by atoms with van der Waals surface area (Å²) < 4.78 is 0. The Morgan fingerprint density at radius 3 is 2.53 bits per heavy atom. The maximum absolute atomic E-state index is 12.3. The minimum atomic E-state index is -0.254. The van der Waals surface area contributed by atoms with Crippen LogP contribution in [-0.4, -0.2) is 28.6 Å². The Labute approximate surface area is 181 Å². The van der Waals surface area contributed by atoms with Gasteiger partial charge in [-0.15, -0.1) is 10.2 Å². The molecule has 0 radical (unpaired) electrons. The van der Waals surface area contributed by atoms with Crippen LogP contribution < -0.4 is 10.6 Å². The lowest BCUT2D eigenvalue weighted by atomic mass is 10.1. The van der Waals surface area contributed by atoms with Crippen molar-refractivity contribution in [3.8, 4) is 10.6 Å². The quantitative estimate of drug-likeness (QED) is 0.456. The maximum Gasteiger partial charge on any atom is 0.251 e. The zero-order valence-corrected chi connectivity index (χ0v) is 17.3. The van der Waals surface area contributed by atoms with Crippen LogP contribution in [0.25, 0.3) is 21.3 Å². The van der Waals surface area contributed by atoms with E-state index in [1.165, 1.54) is 11.3 Å². The summed E-state index contributed by atoms with van der Waals surface area (Å²) in [5, 5.41) is 17.2. The van der Waals surface area contributed by atoms with Crippen LogP contribution in [0.5, 0.6) is 0 Å². The molecule has 6 nitrogen and oxygen atoms in total. The van der Waals surface area contributed by atoms with Crippen molar-refractivity contribution in [1.29, 1.82) is 0 Å². The molecule has 0 fully saturated rings. The number of carbonyl (C=O) groups excluding carboxylic acids is 2. The van der Waals surface area contributed by atoms with Crippen LogP contribution in [-0.2, 0) is 4.79 Å². The van der Waals surface area contributed by atoms with Gasteiger partial charge >= 0.3 is 0 Å². The highest BCUT2D eigenvalue weighted by Gasteiger charge is 2.12. The lowest BCUT2D eigenvalue weighted by molar-refractivity contribution is -0.116. The maximum atomic E-state index is 12.3. The number of rotatable bonds is 6. The number of fused-ring (bicyclic) bond motifs is 1. The summed E-state index contributed by atoms with van der Waals surface area (Å²) in [7, 11) is 0. The molecule has 2 amide bonds. The van der Waals surface area contributed by atoms with Crippen molar-refractivity contribution in [2.45, 2.75) is 6.42 Å². The first-order chi connectivity index (χ1) is 14.6. The molecule has 0 aliphatic heterocycles. The molecule has 30 heavy (non-hydrogen) atoms. The summed E-state index contributed by atoms with van der Waals surface area (Å²) in [6.07, 6.45) is 0.125. The standard InChI is InChI=1S/C22H17ClN4O2S/c23-18-8-4-3-7-17(18)21-26-27-22(30-21)25-19(28)11-12-24-20(29)16-10-9-14-5-1-2-6-15(14)13-16/h1-10,13H,11-12H2,(H,24,29)(H,25,27,28). The second kappa shape index (κ2) is 9.02. The molecular weight excluding hydrogens is 420 g/mol. The van der Waals surface area contributed by atoms with Gasteiger partial charge in [0.05, 0.1) is 5.02 Å². The summed E-state index contributed by atoms with van der Waals surface area (Å²) in [4.78, 5) is 24.5. The highest BCUT2D eigenvalue weighted by atomic mass is 35.5. The fraction of sp³-hybridized carbons (Fsp3) is 0.0909. The van der Waals surface area contributed by atoms with E-state index in [-0.39, 0.29) is 24.8 Å². The molecule has 0 saturated carbocycles. The molecule has 1 aromatic heterocycles. The molecular formula is C22H17ClN4O2S. The van der Waals surface area contributed by atoms with Crippen LogP contribution in [0.1, 0.15) is 16.8 Å². The largest absolute Gasteiger partial charge is 0.352 e. The van der Waals surface area contributed by atoms with Gasteiger partial charge in [-0.25, -0.2) is 0 Å². The first-order valence-electron chi connectivity index (χ1n) is 9.25. The van der Waals surface area contributed by atoms with E-state index in [1.807, 2.05) is 54.6 Å². The van der Waals surface area contributed by atoms with E-state index in [9.17, 15) is 9.59 Å². The molecule has 0 unspecified atom stereocenters. The second-order valence-corrected chi connectivity index (χ2v) is 7.89. The van der Waals surface area contributed by atoms with Crippen molar-refractivity contribution in [2.24, 2.45) is 0 Å². The number of aromatic nitrogens is 2. The Hall–Kier alpha value is -3.29. The lowest BCUT2D eigenvalue weighted by Gasteiger charge is -2.06. The normalized spacial score (nSPS) is 10.7. The number of anilines is 1. The van der Waals surface area contributed by atoms with E-state index in [0.717, 1.165) is 16.3 Å². The molecule has 150 valence electrons. The number of carbonyl (C=O) groups is 2. The minimum absolute atomic E-state index is 0.125. The summed E-state index contributed by atoms with van der Waals surface area (Å²) in [5.74, 6) is -0.471. The number of halogens is 1. The van der Waals surface area contributed by atoms with Gasteiger partial charge in [-0.3, -0.25) is 9.59 Å². The van der Waals surface area contributed by atoms with Gasteiger partial charge in [0.1, 0.15) is 0 Å². The topological polar surface area (TPSA) is 84.0 Å². The molecule has 3 aromatic carbocycles. The SMILES string of the molecule is O=C(CCNC(=O)c1ccc2ccccc2c1)Nc1nnc(-c2ccccc2Cl)s1. The number of hydrogen-bond donors (Lipinski definition) is 2. The van der Waals surface area contributed by atoms with Crippen molar-refractivity contribution in [3.63, 3.8) is 0 Å². The third-order valence-corrected chi connectivity index (χ3v) is 5.63. The Bertz CT molecular complexity index is 1220. The van der Waals surface area contributed by atoms with Gasteiger partial charge in [-0.05, 0) is 29.0 Å². The van der Waals surface area contributed by atoms with Gasteiger partial charge in [0.25, 0.3) is 5.91 Å². The number of nitrogens with zero attached hydrogens (tertiary/aromatic N) is 2. The van der Waals surface area contributed by atoms with E-state index in [0.29, 0.717) is 20.7 Å². The zero-order chi connectivity index (χ0) is 20.9. The van der Waals surface area contributed by atoms with Crippen molar-refractivity contribution < 1.29 is 9.59 Å². The predicted molar refractivity (Wildman–Crippen MR) is 120 cm³/mol. The van der Waals surface area contributed by atoms with Gasteiger partial charge < -0.3 is 10.6 Å². The van der Waals surface area contributed by atoms with Gasteiger partial charge in [-0.1, -0.05) is 71.5 Å². The van der Waals surface area contributed by atoms with Crippen molar-refractivity contribution in [2.75, 3.05) is 11.9 Å². The summed E-state index contributed by atoms with van der Waals surface area (Å²) in [6.45, 7) is 0.216. The fourth-order valence-corrected chi connectivity index (χ4v) is 4.00. The first-order valence-corrected chi connectivity index (χ1v) is 10.4. The van der Waals surface area contributed by atoms with Gasteiger partial charge in [0, 0.05) is 24.1 Å². The number of amides is 2. The number of hydrogen-bond acceptors (Lipinski definition) is 5. The van der Waals surface area contributed by atoms with Gasteiger partial charge in [-0.2, -0.15) is 0 Å². The monoisotopic (exact) mass is 436 g/mol. The van der Waals surface area contributed by atoms with Gasteiger partial charge in [0.15, 0.2) is 5.01 Å². The molecule has 0 spiro atoms. The average Bonchev–Trinajstić information content (AvgIpc) is 3.21. The van der Waals surface area contributed by atoms with Crippen molar-refractivity contribution in [1.82, 2.24) is 15.5 Å². The Morgan fingerprint density at radius 1 is 0.933 bits per heavy atom. The van der Waals surface area contributed by atoms with Crippen molar-refractivity contribution >= 4 is 50.7 Å². The molecule has 4 aromatic rings. The first kappa shape index (κ1) is 20.0. The zero-order valence-electron chi connectivity index (χ0n) is 15.8.